The summed E-state index contributed by atoms with van der Waals surface area (Å²) >= 11 is 0. The summed E-state index contributed by atoms with van der Waals surface area (Å²) in [6.45, 7) is 6.70. The number of hydrogen-bond donors (Lipinski definition) is 1. The molecule has 0 aromatic rings. The van der Waals surface area contributed by atoms with Crippen LogP contribution in [0.5, 0.6) is 0 Å². The van der Waals surface area contributed by atoms with Gasteiger partial charge in [-0.25, -0.2) is 0 Å². The lowest BCUT2D eigenvalue weighted by Crippen LogP contribution is -2.44. The number of carbonyl (C=O) groups is 1. The third-order valence-electron chi connectivity index (χ3n) is 1.73. The maximum Gasteiger partial charge on any atom is 0.249 e. The van der Waals surface area contributed by atoms with Crippen LogP contribution in [0.25, 0.3) is 0 Å². The van der Waals surface area contributed by atoms with Gasteiger partial charge in [-0.2, -0.15) is 0 Å². The second-order valence-electron chi connectivity index (χ2n) is 4.15. The van der Waals surface area contributed by atoms with Crippen LogP contribution in [0.4, 0.5) is 0 Å². The Labute approximate surface area is 73.5 Å². The topological polar surface area (TPSA) is 38.3 Å². The molecule has 12 heavy (non-hydrogen) atoms. The predicted octanol–water partition coefficient (Wildman–Crippen LogP) is 1.08. The van der Waals surface area contributed by atoms with Gasteiger partial charge in [-0.05, 0) is 33.6 Å². The first kappa shape index (κ1) is 9.52. The Balaban J connectivity index is 2.45. The van der Waals surface area contributed by atoms with Gasteiger partial charge in [-0.15, -0.1) is 0 Å². The number of amides is 1. The van der Waals surface area contributed by atoms with Crippen LogP contribution in [-0.2, 0) is 9.53 Å². The molecule has 0 spiro atoms. The van der Waals surface area contributed by atoms with E-state index in [1.807, 2.05) is 20.8 Å². The van der Waals surface area contributed by atoms with Crippen LogP contribution in [0.15, 0.2) is 0 Å². The normalized spacial score (nSPS) is 25.2. The first-order valence-electron chi connectivity index (χ1n) is 4.44. The Kier molecular flexibility index (Phi) is 2.73. The summed E-state index contributed by atoms with van der Waals surface area (Å²) in [5.74, 6) is 0.0381. The van der Waals surface area contributed by atoms with E-state index in [9.17, 15) is 4.79 Å². The molecule has 0 aromatic carbocycles. The smallest absolute Gasteiger partial charge is 0.249 e. The molecule has 1 saturated heterocycles. The van der Waals surface area contributed by atoms with Gasteiger partial charge in [0.1, 0.15) is 6.10 Å². The van der Waals surface area contributed by atoms with Crippen LogP contribution in [0.3, 0.4) is 0 Å². The molecule has 1 fully saturated rings. The highest BCUT2D eigenvalue weighted by atomic mass is 16.5. The minimum Gasteiger partial charge on any atom is -0.363 e. The van der Waals surface area contributed by atoms with Gasteiger partial charge >= 0.3 is 0 Å². The van der Waals surface area contributed by atoms with Gasteiger partial charge in [0.2, 0.25) is 5.91 Å². The molecule has 1 N–H and O–H groups in total. The monoisotopic (exact) mass is 171 g/mol. The van der Waals surface area contributed by atoms with Crippen LogP contribution < -0.4 is 5.32 Å². The van der Waals surface area contributed by atoms with Crippen LogP contribution in [0.2, 0.25) is 0 Å². The fraction of sp³-hybridized carbons (Fsp3) is 0.889. The van der Waals surface area contributed by atoms with E-state index in [-0.39, 0.29) is 17.6 Å². The third-order valence-corrected chi connectivity index (χ3v) is 1.73. The zero-order valence-electron chi connectivity index (χ0n) is 8.02. The van der Waals surface area contributed by atoms with Crippen LogP contribution in [0.1, 0.15) is 33.6 Å². The van der Waals surface area contributed by atoms with Crippen LogP contribution in [0, 0.1) is 0 Å². The Morgan fingerprint density at radius 1 is 1.50 bits per heavy atom. The van der Waals surface area contributed by atoms with E-state index in [1.54, 1.807) is 0 Å². The minimum absolute atomic E-state index is 0.0381. The highest BCUT2D eigenvalue weighted by Gasteiger charge is 2.27. The van der Waals surface area contributed by atoms with Crippen molar-refractivity contribution in [3.05, 3.63) is 0 Å². The second-order valence-corrected chi connectivity index (χ2v) is 4.15. The summed E-state index contributed by atoms with van der Waals surface area (Å²) in [4.78, 5) is 11.2. The quantitative estimate of drug-likeness (QED) is 0.641. The lowest BCUT2D eigenvalue weighted by atomic mass is 10.1. The third kappa shape index (κ3) is 2.81. The van der Waals surface area contributed by atoms with Crippen molar-refractivity contribution in [2.45, 2.75) is 45.3 Å². The van der Waals surface area contributed by atoms with Crippen LogP contribution >= 0.6 is 0 Å². The first-order valence-corrected chi connectivity index (χ1v) is 4.44. The highest BCUT2D eigenvalue weighted by Crippen LogP contribution is 2.16. The van der Waals surface area contributed by atoms with Crippen LogP contribution in [-0.4, -0.2) is 24.2 Å². The minimum atomic E-state index is -0.237. The van der Waals surface area contributed by atoms with Gasteiger partial charge in [0, 0.05) is 6.54 Å². The van der Waals surface area contributed by atoms with Crippen molar-refractivity contribution in [1.29, 1.82) is 0 Å². The standard InChI is InChI=1S/C9H17NO2/c1-9(2,3)12-7-5-4-6-10-8(7)11/h7H,4-6H2,1-3H3,(H,10,11). The second kappa shape index (κ2) is 3.44. The van der Waals surface area contributed by atoms with Gasteiger partial charge in [0.15, 0.2) is 0 Å². The molecule has 3 heteroatoms. The summed E-state index contributed by atoms with van der Waals surface area (Å²) in [7, 11) is 0. The lowest BCUT2D eigenvalue weighted by molar-refractivity contribution is -0.145. The highest BCUT2D eigenvalue weighted by molar-refractivity contribution is 5.81. The molecular formula is C9H17NO2. The molecule has 1 amide bonds. The fourth-order valence-electron chi connectivity index (χ4n) is 1.28. The van der Waals surface area contributed by atoms with Gasteiger partial charge < -0.3 is 10.1 Å². The Hall–Kier alpha value is -0.570. The molecule has 0 aliphatic carbocycles. The summed E-state index contributed by atoms with van der Waals surface area (Å²) in [6, 6.07) is 0. The Bertz CT molecular complexity index is 172. The number of nitrogens with one attached hydrogen (secondary N) is 1. The molecule has 1 unspecified atom stereocenters. The predicted molar refractivity (Wildman–Crippen MR) is 46.9 cm³/mol. The van der Waals surface area contributed by atoms with Crippen molar-refractivity contribution in [1.82, 2.24) is 5.32 Å². The summed E-state index contributed by atoms with van der Waals surface area (Å²) in [6.07, 6.45) is 1.63. The Morgan fingerprint density at radius 2 is 2.17 bits per heavy atom. The molecule has 70 valence electrons. The molecule has 1 rings (SSSR count). The SMILES string of the molecule is CC(C)(C)OC1CCCNC1=O. The zero-order valence-corrected chi connectivity index (χ0v) is 8.02. The number of carbonyl (C=O) groups excluding carboxylic acids is 1. The van der Waals surface area contributed by atoms with Gasteiger partial charge in [-0.3, -0.25) is 4.79 Å². The maximum absolute atomic E-state index is 11.2. The van der Waals surface area contributed by atoms with Crippen molar-refractivity contribution in [2.24, 2.45) is 0 Å². The number of rotatable bonds is 1. The molecule has 1 heterocycles. The molecule has 1 aliphatic rings. The largest absolute Gasteiger partial charge is 0.363 e. The average Bonchev–Trinajstić information content (AvgIpc) is 1.91. The maximum atomic E-state index is 11.2. The van der Waals surface area contributed by atoms with E-state index in [0.29, 0.717) is 0 Å². The molecule has 0 saturated carbocycles. The van der Waals surface area contributed by atoms with Crippen molar-refractivity contribution < 1.29 is 9.53 Å². The molecule has 1 atom stereocenters. The summed E-state index contributed by atoms with van der Waals surface area (Å²) < 4.78 is 5.58. The molecule has 0 bridgehead atoms. The van der Waals surface area contributed by atoms with E-state index in [1.165, 1.54) is 0 Å². The average molecular weight is 171 g/mol. The summed E-state index contributed by atoms with van der Waals surface area (Å²) in [5, 5.41) is 2.79. The van der Waals surface area contributed by atoms with Gasteiger partial charge in [-0.1, -0.05) is 0 Å². The van der Waals surface area contributed by atoms with Gasteiger partial charge in [0.05, 0.1) is 5.60 Å². The van der Waals surface area contributed by atoms with E-state index >= 15 is 0 Å². The molecule has 0 radical (unpaired) electrons. The number of hydrogen-bond acceptors (Lipinski definition) is 2. The van der Waals surface area contributed by atoms with E-state index < -0.39 is 0 Å². The molecular weight excluding hydrogens is 154 g/mol. The Morgan fingerprint density at radius 3 is 2.67 bits per heavy atom. The lowest BCUT2D eigenvalue weighted by Gasteiger charge is -2.29. The number of piperidine rings is 1. The zero-order chi connectivity index (χ0) is 9.19. The van der Waals surface area contributed by atoms with Crippen molar-refractivity contribution in [3.8, 4) is 0 Å². The van der Waals surface area contributed by atoms with E-state index in [2.05, 4.69) is 5.32 Å². The van der Waals surface area contributed by atoms with E-state index in [4.69, 9.17) is 4.74 Å². The molecule has 1 aliphatic heterocycles. The summed E-state index contributed by atoms with van der Waals surface area (Å²) in [5.41, 5.74) is -0.223. The van der Waals surface area contributed by atoms with Crippen molar-refractivity contribution in [3.63, 3.8) is 0 Å². The van der Waals surface area contributed by atoms with E-state index in [0.717, 1.165) is 19.4 Å². The first-order chi connectivity index (χ1) is 5.49. The molecule has 3 nitrogen and oxygen atoms in total. The van der Waals surface area contributed by atoms with Gasteiger partial charge in [0.25, 0.3) is 0 Å². The van der Waals surface area contributed by atoms with Crippen molar-refractivity contribution >= 4 is 5.91 Å². The fourth-order valence-corrected chi connectivity index (χ4v) is 1.28. The van der Waals surface area contributed by atoms with Crippen molar-refractivity contribution in [2.75, 3.05) is 6.54 Å². The number of ether oxygens (including phenoxy) is 1. The molecule has 0 aromatic heterocycles.